The second-order valence-electron chi connectivity index (χ2n) is 6.45. The SMILES string of the molecule is COc1ccc(CCN(C)Cn2[nH]c(-c3ccc(Cl)cc3)nc2=S)cc1OC. The molecule has 0 radical (unpaired) electrons. The Bertz CT molecular complexity index is 985. The number of hydrogen-bond acceptors (Lipinski definition) is 5. The Morgan fingerprint density at radius 2 is 1.82 bits per heavy atom. The highest BCUT2D eigenvalue weighted by atomic mass is 35.5. The van der Waals surface area contributed by atoms with Gasteiger partial charge in [-0.3, -0.25) is 10.00 Å². The van der Waals surface area contributed by atoms with Gasteiger partial charge in [-0.2, -0.15) is 4.98 Å². The third-order valence-electron chi connectivity index (χ3n) is 4.41. The summed E-state index contributed by atoms with van der Waals surface area (Å²) < 4.78 is 13.0. The van der Waals surface area contributed by atoms with Crippen molar-refractivity contribution >= 4 is 23.8 Å². The van der Waals surface area contributed by atoms with Gasteiger partial charge in [-0.1, -0.05) is 17.7 Å². The molecule has 0 atom stereocenters. The van der Waals surface area contributed by atoms with Gasteiger partial charge in [0.25, 0.3) is 0 Å². The molecule has 2 aromatic carbocycles. The molecule has 0 aliphatic carbocycles. The molecule has 0 saturated heterocycles. The highest BCUT2D eigenvalue weighted by Crippen LogP contribution is 2.27. The van der Waals surface area contributed by atoms with Crippen molar-refractivity contribution in [2.45, 2.75) is 13.1 Å². The number of methoxy groups -OCH3 is 2. The molecule has 3 rings (SSSR count). The summed E-state index contributed by atoms with van der Waals surface area (Å²) in [7, 11) is 5.33. The van der Waals surface area contributed by atoms with Gasteiger partial charge >= 0.3 is 0 Å². The highest BCUT2D eigenvalue weighted by molar-refractivity contribution is 7.71. The molecule has 8 heteroatoms. The van der Waals surface area contributed by atoms with Crippen molar-refractivity contribution in [3.63, 3.8) is 0 Å². The second kappa shape index (κ2) is 9.23. The van der Waals surface area contributed by atoms with E-state index >= 15 is 0 Å². The van der Waals surface area contributed by atoms with Crippen LogP contribution < -0.4 is 9.47 Å². The molecule has 28 heavy (non-hydrogen) atoms. The van der Waals surface area contributed by atoms with Crippen LogP contribution in [0.1, 0.15) is 5.56 Å². The van der Waals surface area contributed by atoms with Gasteiger partial charge in [-0.15, -0.1) is 0 Å². The molecule has 0 spiro atoms. The van der Waals surface area contributed by atoms with Crippen molar-refractivity contribution in [1.82, 2.24) is 19.7 Å². The Balaban J connectivity index is 1.63. The zero-order valence-electron chi connectivity index (χ0n) is 16.1. The third kappa shape index (κ3) is 4.92. The van der Waals surface area contributed by atoms with E-state index in [0.29, 0.717) is 16.5 Å². The molecule has 1 aromatic heterocycles. The van der Waals surface area contributed by atoms with Gasteiger partial charge in [-0.25, -0.2) is 4.68 Å². The molecule has 0 saturated carbocycles. The van der Waals surface area contributed by atoms with Crippen LogP contribution in [0.25, 0.3) is 11.4 Å². The normalized spacial score (nSPS) is 11.0. The number of nitrogens with zero attached hydrogens (tertiary/aromatic N) is 3. The number of rotatable bonds is 8. The fourth-order valence-corrected chi connectivity index (χ4v) is 3.18. The topological polar surface area (TPSA) is 55.3 Å². The van der Waals surface area contributed by atoms with E-state index in [1.54, 1.807) is 14.2 Å². The van der Waals surface area contributed by atoms with Crippen LogP contribution in [0.3, 0.4) is 0 Å². The number of benzene rings is 2. The molecule has 0 amide bonds. The average Bonchev–Trinajstić information content (AvgIpc) is 3.06. The lowest BCUT2D eigenvalue weighted by Gasteiger charge is -2.17. The number of halogens is 1. The molecule has 0 fully saturated rings. The minimum atomic E-state index is 0.517. The first-order valence-electron chi connectivity index (χ1n) is 8.82. The van der Waals surface area contributed by atoms with Gasteiger partial charge in [0.15, 0.2) is 17.3 Å². The fourth-order valence-electron chi connectivity index (χ4n) is 2.86. The fraction of sp³-hybridized carbons (Fsp3) is 0.300. The molecule has 1 heterocycles. The lowest BCUT2D eigenvalue weighted by Crippen LogP contribution is -2.25. The number of nitrogens with one attached hydrogen (secondary N) is 1. The summed E-state index contributed by atoms with van der Waals surface area (Å²) in [5.41, 5.74) is 2.13. The largest absolute Gasteiger partial charge is 0.493 e. The molecule has 3 aromatic rings. The number of ether oxygens (including phenoxy) is 2. The van der Waals surface area contributed by atoms with Crippen molar-refractivity contribution in [2.24, 2.45) is 0 Å². The van der Waals surface area contributed by atoms with Crippen LogP contribution in [0, 0.1) is 4.77 Å². The molecule has 0 bridgehead atoms. The van der Waals surface area contributed by atoms with Crippen LogP contribution in [0.2, 0.25) is 5.02 Å². The van der Waals surface area contributed by atoms with Crippen molar-refractivity contribution in [1.29, 1.82) is 0 Å². The van der Waals surface area contributed by atoms with Crippen molar-refractivity contribution < 1.29 is 9.47 Å². The zero-order valence-corrected chi connectivity index (χ0v) is 17.7. The number of aromatic nitrogens is 3. The summed E-state index contributed by atoms with van der Waals surface area (Å²) in [5.74, 6) is 2.21. The molecular weight excluding hydrogens is 396 g/mol. The maximum atomic E-state index is 5.95. The molecular formula is C20H23ClN4O2S. The predicted molar refractivity (Wildman–Crippen MR) is 114 cm³/mol. The number of hydrogen-bond donors (Lipinski definition) is 1. The molecule has 6 nitrogen and oxygen atoms in total. The quantitative estimate of drug-likeness (QED) is 0.549. The Labute approximate surface area is 174 Å². The van der Waals surface area contributed by atoms with Gasteiger partial charge in [0.05, 0.1) is 20.9 Å². The maximum Gasteiger partial charge on any atom is 0.217 e. The van der Waals surface area contributed by atoms with Crippen LogP contribution in [-0.4, -0.2) is 47.5 Å². The van der Waals surface area contributed by atoms with Crippen LogP contribution in [0.4, 0.5) is 0 Å². The van der Waals surface area contributed by atoms with Gasteiger partial charge < -0.3 is 9.47 Å². The first-order chi connectivity index (χ1) is 13.5. The van der Waals surface area contributed by atoms with Gasteiger partial charge in [0, 0.05) is 17.1 Å². The van der Waals surface area contributed by atoms with Gasteiger partial charge in [-0.05, 0) is 67.6 Å². The van der Waals surface area contributed by atoms with E-state index in [1.165, 1.54) is 5.56 Å². The summed E-state index contributed by atoms with van der Waals surface area (Å²) in [4.78, 5) is 6.62. The summed E-state index contributed by atoms with van der Waals surface area (Å²) in [5, 5.41) is 3.95. The first kappa shape index (κ1) is 20.4. The maximum absolute atomic E-state index is 5.95. The zero-order chi connectivity index (χ0) is 20.1. The minimum absolute atomic E-state index is 0.517. The lowest BCUT2D eigenvalue weighted by atomic mass is 10.1. The lowest BCUT2D eigenvalue weighted by molar-refractivity contribution is 0.255. The number of aromatic amines is 1. The average molecular weight is 419 g/mol. The molecule has 0 aliphatic rings. The van der Waals surface area contributed by atoms with Gasteiger partial charge in [0.1, 0.15) is 0 Å². The van der Waals surface area contributed by atoms with E-state index in [2.05, 4.69) is 21.0 Å². The van der Waals surface area contributed by atoms with E-state index in [9.17, 15) is 0 Å². The summed E-state index contributed by atoms with van der Waals surface area (Å²) in [6.45, 7) is 1.47. The molecule has 148 valence electrons. The van der Waals surface area contributed by atoms with Crippen LogP contribution in [0.15, 0.2) is 42.5 Å². The van der Waals surface area contributed by atoms with Crippen LogP contribution in [0.5, 0.6) is 11.5 Å². The monoisotopic (exact) mass is 418 g/mol. The van der Waals surface area contributed by atoms with Crippen molar-refractivity contribution in [3.8, 4) is 22.9 Å². The summed E-state index contributed by atoms with van der Waals surface area (Å²) >= 11 is 11.3. The molecule has 0 unspecified atom stereocenters. The van der Waals surface area contributed by atoms with Crippen LogP contribution >= 0.6 is 23.8 Å². The van der Waals surface area contributed by atoms with E-state index in [4.69, 9.17) is 33.3 Å². The van der Waals surface area contributed by atoms with E-state index < -0.39 is 0 Å². The standard InChI is InChI=1S/C20H23ClN4O2S/c1-24(11-10-14-4-9-17(26-2)18(12-14)27-3)13-25-20(28)22-19(23-25)15-5-7-16(21)8-6-15/h4-9,12H,10-11,13H2,1-3H3,(H,22,23,28). The van der Waals surface area contributed by atoms with E-state index in [1.807, 2.05) is 48.1 Å². The Morgan fingerprint density at radius 3 is 2.50 bits per heavy atom. The Kier molecular flexibility index (Phi) is 6.72. The summed E-state index contributed by atoms with van der Waals surface area (Å²) in [6.07, 6.45) is 0.877. The van der Waals surface area contributed by atoms with E-state index in [-0.39, 0.29) is 0 Å². The van der Waals surface area contributed by atoms with E-state index in [0.717, 1.165) is 35.9 Å². The molecule has 1 N–H and O–H groups in total. The highest BCUT2D eigenvalue weighted by Gasteiger charge is 2.09. The first-order valence-corrected chi connectivity index (χ1v) is 9.61. The minimum Gasteiger partial charge on any atom is -0.493 e. The van der Waals surface area contributed by atoms with Crippen LogP contribution in [-0.2, 0) is 13.1 Å². The Morgan fingerprint density at radius 1 is 1.11 bits per heavy atom. The van der Waals surface area contributed by atoms with Crippen molar-refractivity contribution in [3.05, 3.63) is 57.8 Å². The summed E-state index contributed by atoms with van der Waals surface area (Å²) in [6, 6.07) is 13.5. The molecule has 0 aliphatic heterocycles. The Hall–Kier alpha value is -2.35. The predicted octanol–water partition coefficient (Wildman–Crippen LogP) is 4.41. The van der Waals surface area contributed by atoms with Gasteiger partial charge in [0.2, 0.25) is 4.77 Å². The number of likely N-dealkylation sites (N-methyl/N-ethyl adjacent to an activating group) is 1. The number of H-pyrrole nitrogens is 1. The smallest absolute Gasteiger partial charge is 0.217 e. The third-order valence-corrected chi connectivity index (χ3v) is 4.97. The van der Waals surface area contributed by atoms with Crippen molar-refractivity contribution in [2.75, 3.05) is 27.8 Å². The second-order valence-corrected chi connectivity index (χ2v) is 7.25.